The Morgan fingerprint density at radius 3 is 2.47 bits per heavy atom. The number of hydrogen-bond donors (Lipinski definition) is 1. The number of anilines is 1. The van der Waals surface area contributed by atoms with Crippen molar-refractivity contribution in [1.29, 1.82) is 0 Å². The molecule has 0 bridgehead atoms. The van der Waals surface area contributed by atoms with E-state index in [-0.39, 0.29) is 5.91 Å². The van der Waals surface area contributed by atoms with Gasteiger partial charge in [0.2, 0.25) is 5.91 Å². The number of nitrogens with zero attached hydrogens (tertiary/aromatic N) is 1. The Balaban J connectivity index is 1.85. The van der Waals surface area contributed by atoms with Gasteiger partial charge >= 0.3 is 0 Å². The van der Waals surface area contributed by atoms with Crippen LogP contribution in [0.2, 0.25) is 0 Å². The highest BCUT2D eigenvalue weighted by molar-refractivity contribution is 5.92. The number of rotatable bonds is 5. The van der Waals surface area contributed by atoms with E-state index in [2.05, 4.69) is 24.1 Å². The van der Waals surface area contributed by atoms with Crippen LogP contribution in [-0.4, -0.2) is 30.4 Å². The summed E-state index contributed by atoms with van der Waals surface area (Å²) in [5.74, 6) is 0.0578. The van der Waals surface area contributed by atoms with Gasteiger partial charge in [0.25, 0.3) is 0 Å². The highest BCUT2D eigenvalue weighted by atomic mass is 16.2. The van der Waals surface area contributed by atoms with Crippen molar-refractivity contribution in [2.24, 2.45) is 5.41 Å². The Hall–Kier alpha value is -1.35. The third-order valence-corrected chi connectivity index (χ3v) is 4.44. The molecule has 19 heavy (non-hydrogen) atoms. The van der Waals surface area contributed by atoms with Crippen molar-refractivity contribution >= 4 is 11.6 Å². The van der Waals surface area contributed by atoms with Gasteiger partial charge in [-0.1, -0.05) is 24.6 Å². The van der Waals surface area contributed by atoms with Crippen LogP contribution in [0.15, 0.2) is 24.3 Å². The molecular formula is C16H24N2O. The van der Waals surface area contributed by atoms with Gasteiger partial charge in [-0.15, -0.1) is 0 Å². The lowest BCUT2D eigenvalue weighted by molar-refractivity contribution is -0.117. The Morgan fingerprint density at radius 1 is 1.37 bits per heavy atom. The smallest absolute Gasteiger partial charge is 0.238 e. The second-order valence-electron chi connectivity index (χ2n) is 6.16. The lowest BCUT2D eigenvalue weighted by Gasteiger charge is -2.29. The van der Waals surface area contributed by atoms with Crippen LogP contribution in [-0.2, 0) is 4.79 Å². The molecule has 1 atom stereocenters. The van der Waals surface area contributed by atoms with Crippen LogP contribution >= 0.6 is 0 Å². The maximum absolute atomic E-state index is 12.0. The predicted molar refractivity (Wildman–Crippen MR) is 79.2 cm³/mol. The molecule has 1 fully saturated rings. The lowest BCUT2D eigenvalue weighted by Crippen LogP contribution is -2.40. The van der Waals surface area contributed by atoms with Crippen molar-refractivity contribution in [1.82, 2.24) is 4.90 Å². The van der Waals surface area contributed by atoms with Gasteiger partial charge in [0.05, 0.1) is 6.54 Å². The molecule has 0 unspecified atom stereocenters. The highest BCUT2D eigenvalue weighted by Gasteiger charge is 2.44. The van der Waals surface area contributed by atoms with Crippen LogP contribution in [0.4, 0.5) is 5.69 Å². The van der Waals surface area contributed by atoms with Crippen molar-refractivity contribution in [3.63, 3.8) is 0 Å². The molecule has 0 spiro atoms. The normalized spacial score (nSPS) is 18.2. The minimum absolute atomic E-state index is 0.0578. The first kappa shape index (κ1) is 14.1. The van der Waals surface area contributed by atoms with E-state index in [4.69, 9.17) is 0 Å². The van der Waals surface area contributed by atoms with Crippen LogP contribution in [0.3, 0.4) is 0 Å². The van der Waals surface area contributed by atoms with E-state index < -0.39 is 0 Å². The first-order valence-corrected chi connectivity index (χ1v) is 6.97. The van der Waals surface area contributed by atoms with Crippen LogP contribution in [0.1, 0.15) is 32.3 Å². The van der Waals surface area contributed by atoms with Crippen molar-refractivity contribution in [2.75, 3.05) is 18.9 Å². The number of aryl methyl sites for hydroxylation is 1. The summed E-state index contributed by atoms with van der Waals surface area (Å²) in [5.41, 5.74) is 2.48. The quantitative estimate of drug-likeness (QED) is 0.882. The molecule has 3 nitrogen and oxygen atoms in total. The molecule has 104 valence electrons. The van der Waals surface area contributed by atoms with Crippen molar-refractivity contribution in [3.05, 3.63) is 29.8 Å². The summed E-state index contributed by atoms with van der Waals surface area (Å²) in [6, 6.07) is 8.36. The van der Waals surface area contributed by atoms with E-state index in [0.717, 1.165) is 5.69 Å². The Kier molecular flexibility index (Phi) is 3.95. The van der Waals surface area contributed by atoms with E-state index >= 15 is 0 Å². The Labute approximate surface area is 116 Å². The standard InChI is InChI=1S/C16H24N2O/c1-12-5-7-14(8-6-12)17-15(19)11-18(4)13(2)16(3)9-10-16/h5-8,13H,9-11H2,1-4H3,(H,17,19)/t13-/m0/s1. The van der Waals surface area contributed by atoms with Crippen molar-refractivity contribution in [2.45, 2.75) is 39.7 Å². The summed E-state index contributed by atoms with van der Waals surface area (Å²) < 4.78 is 0. The molecule has 1 amide bonds. The van der Waals surface area contributed by atoms with E-state index in [0.29, 0.717) is 18.0 Å². The number of amides is 1. The number of carbonyl (C=O) groups is 1. The largest absolute Gasteiger partial charge is 0.325 e. The molecule has 1 N–H and O–H groups in total. The third-order valence-electron chi connectivity index (χ3n) is 4.44. The monoisotopic (exact) mass is 260 g/mol. The van der Waals surface area contributed by atoms with Crippen LogP contribution in [0, 0.1) is 12.3 Å². The van der Waals surface area contributed by atoms with Gasteiger partial charge in [-0.3, -0.25) is 9.69 Å². The molecule has 1 aromatic rings. The summed E-state index contributed by atoms with van der Waals surface area (Å²) in [5, 5.41) is 2.95. The first-order chi connectivity index (χ1) is 8.90. The fraction of sp³-hybridized carbons (Fsp3) is 0.562. The molecule has 3 heteroatoms. The second-order valence-corrected chi connectivity index (χ2v) is 6.16. The lowest BCUT2D eigenvalue weighted by atomic mass is 9.99. The van der Waals surface area contributed by atoms with Gasteiger partial charge in [-0.25, -0.2) is 0 Å². The average Bonchev–Trinajstić information content (AvgIpc) is 3.10. The molecule has 1 saturated carbocycles. The van der Waals surface area contributed by atoms with E-state index in [1.807, 2.05) is 38.2 Å². The molecule has 0 aliphatic heterocycles. The number of carbonyl (C=O) groups excluding carboxylic acids is 1. The van der Waals surface area contributed by atoms with Crippen molar-refractivity contribution in [3.8, 4) is 0 Å². The van der Waals surface area contributed by atoms with E-state index in [9.17, 15) is 4.79 Å². The van der Waals surface area contributed by atoms with Crippen LogP contribution in [0.5, 0.6) is 0 Å². The molecular weight excluding hydrogens is 236 g/mol. The number of nitrogens with one attached hydrogen (secondary N) is 1. The van der Waals surface area contributed by atoms with Gasteiger partial charge in [0, 0.05) is 11.7 Å². The summed E-state index contributed by atoms with van der Waals surface area (Å²) in [4.78, 5) is 14.2. The number of benzene rings is 1. The van der Waals surface area contributed by atoms with E-state index in [1.54, 1.807) is 0 Å². The zero-order valence-electron chi connectivity index (χ0n) is 12.4. The van der Waals surface area contributed by atoms with Gasteiger partial charge < -0.3 is 5.32 Å². The average molecular weight is 260 g/mol. The Bertz CT molecular complexity index is 448. The maximum atomic E-state index is 12.0. The minimum atomic E-state index is 0.0578. The molecule has 0 radical (unpaired) electrons. The SMILES string of the molecule is Cc1ccc(NC(=O)CN(C)[C@@H](C)C2(C)CC2)cc1. The van der Waals surface area contributed by atoms with Crippen LogP contribution < -0.4 is 5.32 Å². The fourth-order valence-electron chi connectivity index (χ4n) is 2.35. The zero-order chi connectivity index (χ0) is 14.0. The van der Waals surface area contributed by atoms with Gasteiger partial charge in [0.15, 0.2) is 0 Å². The molecule has 1 aliphatic carbocycles. The fourth-order valence-corrected chi connectivity index (χ4v) is 2.35. The van der Waals surface area contributed by atoms with Crippen LogP contribution in [0.25, 0.3) is 0 Å². The highest BCUT2D eigenvalue weighted by Crippen LogP contribution is 2.49. The van der Waals surface area contributed by atoms with Gasteiger partial charge in [-0.2, -0.15) is 0 Å². The zero-order valence-corrected chi connectivity index (χ0v) is 12.4. The summed E-state index contributed by atoms with van der Waals surface area (Å²) >= 11 is 0. The third kappa shape index (κ3) is 3.57. The molecule has 0 heterocycles. The van der Waals surface area contributed by atoms with Crippen molar-refractivity contribution < 1.29 is 4.79 Å². The van der Waals surface area contributed by atoms with Gasteiger partial charge in [-0.05, 0) is 51.3 Å². The summed E-state index contributed by atoms with van der Waals surface area (Å²) in [6.45, 7) is 7.00. The maximum Gasteiger partial charge on any atom is 0.238 e. The topological polar surface area (TPSA) is 32.3 Å². The molecule has 2 rings (SSSR count). The first-order valence-electron chi connectivity index (χ1n) is 6.97. The molecule has 0 aromatic heterocycles. The van der Waals surface area contributed by atoms with E-state index in [1.165, 1.54) is 18.4 Å². The molecule has 1 aliphatic rings. The number of likely N-dealkylation sites (N-methyl/N-ethyl adjacent to an activating group) is 1. The summed E-state index contributed by atoms with van der Waals surface area (Å²) in [6.07, 6.45) is 2.55. The minimum Gasteiger partial charge on any atom is -0.325 e. The predicted octanol–water partition coefficient (Wildman–Crippen LogP) is 3.05. The number of hydrogen-bond acceptors (Lipinski definition) is 2. The molecule has 0 saturated heterocycles. The summed E-state index contributed by atoms with van der Waals surface area (Å²) in [7, 11) is 2.03. The van der Waals surface area contributed by atoms with Gasteiger partial charge in [0.1, 0.15) is 0 Å². The Morgan fingerprint density at radius 2 is 1.95 bits per heavy atom. The molecule has 1 aromatic carbocycles. The second kappa shape index (κ2) is 5.33.